The van der Waals surface area contributed by atoms with Crippen molar-refractivity contribution in [3.05, 3.63) is 33.8 Å². The molecule has 0 aliphatic carbocycles. The standard InChI is InChI=1S/C10H12Cl2O3/c11-6-1-2-8(12)7(5-6)10(15)9(14)3-4-13/h1-2,5,9-10,13-15H,3-4H2. The zero-order valence-corrected chi connectivity index (χ0v) is 9.41. The van der Waals surface area contributed by atoms with E-state index in [1.54, 1.807) is 12.1 Å². The van der Waals surface area contributed by atoms with Crippen molar-refractivity contribution >= 4 is 23.2 Å². The van der Waals surface area contributed by atoms with Crippen LogP contribution in [0.3, 0.4) is 0 Å². The number of benzene rings is 1. The van der Waals surface area contributed by atoms with Gasteiger partial charge in [-0.1, -0.05) is 23.2 Å². The average molecular weight is 251 g/mol. The van der Waals surface area contributed by atoms with Gasteiger partial charge in [0.25, 0.3) is 0 Å². The van der Waals surface area contributed by atoms with Gasteiger partial charge in [0, 0.05) is 22.2 Å². The van der Waals surface area contributed by atoms with Gasteiger partial charge in [-0.15, -0.1) is 0 Å². The Kier molecular flexibility index (Phi) is 4.83. The summed E-state index contributed by atoms with van der Waals surface area (Å²) >= 11 is 11.6. The Morgan fingerprint density at radius 3 is 2.47 bits per heavy atom. The summed E-state index contributed by atoms with van der Waals surface area (Å²) in [5.41, 5.74) is 0.366. The fourth-order valence-electron chi connectivity index (χ4n) is 1.24. The van der Waals surface area contributed by atoms with Crippen molar-refractivity contribution in [1.29, 1.82) is 0 Å². The molecule has 5 heteroatoms. The normalized spacial score (nSPS) is 15.0. The van der Waals surface area contributed by atoms with Crippen LogP contribution in [0.5, 0.6) is 0 Å². The molecule has 0 amide bonds. The molecular formula is C10H12Cl2O3. The van der Waals surface area contributed by atoms with E-state index in [0.29, 0.717) is 15.6 Å². The molecule has 0 bridgehead atoms. The molecule has 15 heavy (non-hydrogen) atoms. The quantitative estimate of drug-likeness (QED) is 0.764. The number of aliphatic hydroxyl groups excluding tert-OH is 3. The van der Waals surface area contributed by atoms with E-state index in [0.717, 1.165) is 0 Å². The molecule has 0 aliphatic heterocycles. The summed E-state index contributed by atoms with van der Waals surface area (Å²) in [7, 11) is 0. The third kappa shape index (κ3) is 3.33. The fourth-order valence-corrected chi connectivity index (χ4v) is 1.65. The Hall–Kier alpha value is -0.320. The molecule has 0 heterocycles. The van der Waals surface area contributed by atoms with Crippen LogP contribution in [0.4, 0.5) is 0 Å². The van der Waals surface area contributed by atoms with Crippen molar-refractivity contribution in [2.45, 2.75) is 18.6 Å². The Labute approximate surface area is 97.9 Å². The molecule has 0 saturated carbocycles. The second kappa shape index (κ2) is 5.68. The predicted molar refractivity (Wildman–Crippen MR) is 59.1 cm³/mol. The van der Waals surface area contributed by atoms with Crippen LogP contribution in [0.25, 0.3) is 0 Å². The third-order valence-corrected chi connectivity index (χ3v) is 2.65. The summed E-state index contributed by atoms with van der Waals surface area (Å²) in [6.45, 7) is -0.198. The Bertz CT molecular complexity index is 330. The summed E-state index contributed by atoms with van der Waals surface area (Å²) in [4.78, 5) is 0. The van der Waals surface area contributed by atoms with Gasteiger partial charge < -0.3 is 15.3 Å². The van der Waals surface area contributed by atoms with Crippen molar-refractivity contribution in [3.63, 3.8) is 0 Å². The maximum absolute atomic E-state index is 9.72. The molecule has 0 radical (unpaired) electrons. The summed E-state index contributed by atoms with van der Waals surface area (Å²) in [6, 6.07) is 4.64. The zero-order valence-electron chi connectivity index (χ0n) is 7.90. The number of hydrogen-bond acceptors (Lipinski definition) is 3. The van der Waals surface area contributed by atoms with Crippen molar-refractivity contribution in [2.24, 2.45) is 0 Å². The van der Waals surface area contributed by atoms with E-state index in [-0.39, 0.29) is 13.0 Å². The molecule has 84 valence electrons. The Morgan fingerprint density at radius 1 is 1.20 bits per heavy atom. The van der Waals surface area contributed by atoms with Gasteiger partial charge in [-0.3, -0.25) is 0 Å². The van der Waals surface area contributed by atoms with E-state index >= 15 is 0 Å². The van der Waals surface area contributed by atoms with Crippen LogP contribution in [-0.4, -0.2) is 28.0 Å². The van der Waals surface area contributed by atoms with E-state index in [9.17, 15) is 10.2 Å². The van der Waals surface area contributed by atoms with E-state index in [2.05, 4.69) is 0 Å². The molecule has 0 saturated heterocycles. The minimum absolute atomic E-state index is 0.0873. The van der Waals surface area contributed by atoms with Crippen molar-refractivity contribution in [2.75, 3.05) is 6.61 Å². The fraction of sp³-hybridized carbons (Fsp3) is 0.400. The first-order chi connectivity index (χ1) is 7.06. The first kappa shape index (κ1) is 12.7. The van der Waals surface area contributed by atoms with Crippen LogP contribution >= 0.6 is 23.2 Å². The molecule has 3 N–H and O–H groups in total. The monoisotopic (exact) mass is 250 g/mol. The van der Waals surface area contributed by atoms with Crippen LogP contribution in [0.1, 0.15) is 18.1 Å². The second-order valence-electron chi connectivity index (χ2n) is 3.19. The molecule has 1 rings (SSSR count). The maximum atomic E-state index is 9.72. The smallest absolute Gasteiger partial charge is 0.106 e. The van der Waals surface area contributed by atoms with Gasteiger partial charge in [-0.25, -0.2) is 0 Å². The van der Waals surface area contributed by atoms with Crippen LogP contribution in [0, 0.1) is 0 Å². The Morgan fingerprint density at radius 2 is 1.87 bits per heavy atom. The topological polar surface area (TPSA) is 60.7 Å². The molecule has 0 spiro atoms. The first-order valence-electron chi connectivity index (χ1n) is 4.48. The molecule has 2 atom stereocenters. The highest BCUT2D eigenvalue weighted by Gasteiger charge is 2.20. The minimum Gasteiger partial charge on any atom is -0.396 e. The summed E-state index contributed by atoms with van der Waals surface area (Å²) < 4.78 is 0. The molecular weight excluding hydrogens is 239 g/mol. The SMILES string of the molecule is OCCC(O)C(O)c1cc(Cl)ccc1Cl. The molecule has 0 fully saturated rings. The first-order valence-corrected chi connectivity index (χ1v) is 5.23. The lowest BCUT2D eigenvalue weighted by atomic mass is 10.0. The highest BCUT2D eigenvalue weighted by atomic mass is 35.5. The molecule has 1 aromatic carbocycles. The van der Waals surface area contributed by atoms with Gasteiger partial charge in [0.1, 0.15) is 6.10 Å². The summed E-state index contributed by atoms with van der Waals surface area (Å²) in [6.07, 6.45) is -2.10. The van der Waals surface area contributed by atoms with Gasteiger partial charge in [0.2, 0.25) is 0 Å². The molecule has 3 nitrogen and oxygen atoms in total. The second-order valence-corrected chi connectivity index (χ2v) is 4.03. The van der Waals surface area contributed by atoms with Gasteiger partial charge in [0.05, 0.1) is 6.10 Å². The number of rotatable bonds is 4. The van der Waals surface area contributed by atoms with Gasteiger partial charge in [-0.05, 0) is 24.6 Å². The average Bonchev–Trinajstić information content (AvgIpc) is 2.21. The predicted octanol–water partition coefficient (Wildman–Crippen LogP) is 1.77. The van der Waals surface area contributed by atoms with Gasteiger partial charge in [0.15, 0.2) is 0 Å². The van der Waals surface area contributed by atoms with Crippen LogP contribution in [0.2, 0.25) is 10.0 Å². The summed E-state index contributed by atoms with van der Waals surface area (Å²) in [5.74, 6) is 0. The molecule has 1 aromatic rings. The lowest BCUT2D eigenvalue weighted by molar-refractivity contribution is 0.00427. The maximum Gasteiger partial charge on any atom is 0.106 e. The van der Waals surface area contributed by atoms with Crippen LogP contribution in [-0.2, 0) is 0 Å². The third-order valence-electron chi connectivity index (χ3n) is 2.07. The summed E-state index contributed by atoms with van der Waals surface area (Å²) in [5, 5.41) is 28.6. The van der Waals surface area contributed by atoms with Gasteiger partial charge >= 0.3 is 0 Å². The van der Waals surface area contributed by atoms with Crippen molar-refractivity contribution in [3.8, 4) is 0 Å². The molecule has 2 unspecified atom stereocenters. The largest absolute Gasteiger partial charge is 0.396 e. The molecule has 0 aromatic heterocycles. The van der Waals surface area contributed by atoms with Crippen molar-refractivity contribution < 1.29 is 15.3 Å². The number of aliphatic hydroxyl groups is 3. The Balaban J connectivity index is 2.89. The highest BCUT2D eigenvalue weighted by Crippen LogP contribution is 2.28. The van der Waals surface area contributed by atoms with Crippen LogP contribution < -0.4 is 0 Å². The van der Waals surface area contributed by atoms with E-state index < -0.39 is 12.2 Å². The lowest BCUT2D eigenvalue weighted by Crippen LogP contribution is -2.19. The van der Waals surface area contributed by atoms with E-state index in [4.69, 9.17) is 28.3 Å². The van der Waals surface area contributed by atoms with Crippen LogP contribution in [0.15, 0.2) is 18.2 Å². The minimum atomic E-state index is -1.14. The molecule has 0 aliphatic rings. The van der Waals surface area contributed by atoms with E-state index in [1.807, 2.05) is 0 Å². The van der Waals surface area contributed by atoms with Gasteiger partial charge in [-0.2, -0.15) is 0 Å². The van der Waals surface area contributed by atoms with Crippen molar-refractivity contribution in [1.82, 2.24) is 0 Å². The zero-order chi connectivity index (χ0) is 11.4. The highest BCUT2D eigenvalue weighted by molar-refractivity contribution is 6.33. The lowest BCUT2D eigenvalue weighted by Gasteiger charge is -2.18. The van der Waals surface area contributed by atoms with E-state index in [1.165, 1.54) is 6.07 Å². The number of hydrogen-bond donors (Lipinski definition) is 3. The number of halogens is 2.